The van der Waals surface area contributed by atoms with E-state index in [1.807, 2.05) is 92.8 Å². The van der Waals surface area contributed by atoms with Crippen molar-refractivity contribution < 1.29 is 14.3 Å². The Morgan fingerprint density at radius 1 is 0.848 bits per heavy atom. The fraction of sp³-hybridized carbons (Fsp3) is 0.214. The number of hydrogen-bond donors (Lipinski definition) is 0. The molecule has 0 aliphatic carbocycles. The second kappa shape index (κ2) is 9.33. The van der Waals surface area contributed by atoms with Crippen LogP contribution < -0.4 is 14.5 Å². The number of likely N-dealkylation sites (N-methyl/N-ethyl adjacent to an activating group) is 1. The molecule has 2 amide bonds. The van der Waals surface area contributed by atoms with E-state index in [-0.39, 0.29) is 11.8 Å². The Kier molecular flexibility index (Phi) is 6.31. The van der Waals surface area contributed by atoms with Gasteiger partial charge in [-0.1, -0.05) is 56.3 Å². The summed E-state index contributed by atoms with van der Waals surface area (Å²) < 4.78 is 5.55. The normalized spacial score (nSPS) is 13.8. The number of ether oxygens (including phenoxy) is 1. The average molecular weight is 441 g/mol. The molecule has 1 aliphatic heterocycles. The van der Waals surface area contributed by atoms with Crippen molar-refractivity contribution in [3.8, 4) is 5.75 Å². The molecule has 3 aromatic rings. The van der Waals surface area contributed by atoms with Gasteiger partial charge in [-0.25, -0.2) is 4.90 Å². The number of anilines is 2. The molecule has 0 radical (unpaired) electrons. The molecule has 1 aliphatic rings. The predicted octanol–water partition coefficient (Wildman–Crippen LogP) is 5.63. The molecular weight excluding hydrogens is 412 g/mol. The van der Waals surface area contributed by atoms with Gasteiger partial charge in [0.1, 0.15) is 11.4 Å². The number of carbonyl (C=O) groups is 2. The zero-order valence-electron chi connectivity index (χ0n) is 19.4. The highest BCUT2D eigenvalue weighted by atomic mass is 16.5. The first-order chi connectivity index (χ1) is 15.9. The summed E-state index contributed by atoms with van der Waals surface area (Å²) in [6, 6.07) is 24.5. The van der Waals surface area contributed by atoms with E-state index in [0.717, 1.165) is 17.0 Å². The summed E-state index contributed by atoms with van der Waals surface area (Å²) in [7, 11) is 1.82. The second-order valence-electron chi connectivity index (χ2n) is 8.27. The van der Waals surface area contributed by atoms with Crippen LogP contribution in [0.4, 0.5) is 11.4 Å². The molecular formula is C28H28N2O3. The first-order valence-electron chi connectivity index (χ1n) is 11.2. The van der Waals surface area contributed by atoms with Crippen LogP contribution in [-0.4, -0.2) is 25.5 Å². The minimum atomic E-state index is -0.340. The molecule has 0 spiro atoms. The van der Waals surface area contributed by atoms with E-state index in [2.05, 4.69) is 13.8 Å². The zero-order chi connectivity index (χ0) is 23.5. The number of benzene rings is 3. The molecule has 0 saturated heterocycles. The Morgan fingerprint density at radius 3 is 2.06 bits per heavy atom. The SMILES string of the molecule is CCOc1ccc(C2=C(N(C)c3ccccc3)C(=O)N(c3ccc(C(C)C)cc3)C2=O)cc1. The van der Waals surface area contributed by atoms with Crippen LogP contribution in [0.5, 0.6) is 5.75 Å². The fourth-order valence-corrected chi connectivity index (χ4v) is 4.00. The molecule has 4 rings (SSSR count). The summed E-state index contributed by atoms with van der Waals surface area (Å²) in [4.78, 5) is 30.4. The highest BCUT2D eigenvalue weighted by Crippen LogP contribution is 2.36. The molecule has 0 atom stereocenters. The third kappa shape index (κ3) is 4.27. The molecule has 0 N–H and O–H groups in total. The third-order valence-corrected chi connectivity index (χ3v) is 5.81. The molecule has 0 aromatic heterocycles. The minimum Gasteiger partial charge on any atom is -0.494 e. The lowest BCUT2D eigenvalue weighted by Crippen LogP contribution is -2.34. The Morgan fingerprint density at radius 2 is 1.48 bits per heavy atom. The highest BCUT2D eigenvalue weighted by Gasteiger charge is 2.42. The van der Waals surface area contributed by atoms with Crippen molar-refractivity contribution in [2.24, 2.45) is 0 Å². The summed E-state index contributed by atoms with van der Waals surface area (Å²) in [5.74, 6) is 0.408. The van der Waals surface area contributed by atoms with E-state index in [4.69, 9.17) is 4.74 Å². The molecule has 0 bridgehead atoms. The van der Waals surface area contributed by atoms with Gasteiger partial charge >= 0.3 is 0 Å². The maximum absolute atomic E-state index is 13.7. The van der Waals surface area contributed by atoms with Crippen LogP contribution in [0.1, 0.15) is 37.8 Å². The summed E-state index contributed by atoms with van der Waals surface area (Å²) >= 11 is 0. The molecule has 33 heavy (non-hydrogen) atoms. The second-order valence-corrected chi connectivity index (χ2v) is 8.27. The number of imide groups is 1. The number of nitrogens with zero attached hydrogens (tertiary/aromatic N) is 2. The van der Waals surface area contributed by atoms with Crippen molar-refractivity contribution in [2.75, 3.05) is 23.5 Å². The van der Waals surface area contributed by atoms with Crippen molar-refractivity contribution in [3.63, 3.8) is 0 Å². The van der Waals surface area contributed by atoms with Crippen LogP contribution in [0.25, 0.3) is 5.57 Å². The molecule has 168 valence electrons. The van der Waals surface area contributed by atoms with Gasteiger partial charge in [0.2, 0.25) is 0 Å². The Labute approximate surface area is 194 Å². The van der Waals surface area contributed by atoms with Gasteiger partial charge in [-0.05, 0) is 60.4 Å². The van der Waals surface area contributed by atoms with Crippen molar-refractivity contribution in [3.05, 3.63) is 95.7 Å². The van der Waals surface area contributed by atoms with E-state index in [1.165, 1.54) is 4.90 Å². The lowest BCUT2D eigenvalue weighted by atomic mass is 10.0. The Balaban J connectivity index is 1.80. The lowest BCUT2D eigenvalue weighted by Gasteiger charge is -2.21. The van der Waals surface area contributed by atoms with Gasteiger partial charge in [0.25, 0.3) is 11.8 Å². The van der Waals surface area contributed by atoms with Crippen LogP contribution in [0.3, 0.4) is 0 Å². The van der Waals surface area contributed by atoms with Crippen molar-refractivity contribution in [1.82, 2.24) is 0 Å². The maximum atomic E-state index is 13.7. The standard InChI is InChI=1S/C28H28N2O3/c1-5-33-24-17-13-21(14-18-24)25-26(29(4)22-9-7-6-8-10-22)28(32)30(27(25)31)23-15-11-20(12-16-23)19(2)3/h6-19H,5H2,1-4H3. The monoisotopic (exact) mass is 440 g/mol. The van der Waals surface area contributed by atoms with E-state index in [1.54, 1.807) is 4.90 Å². The molecule has 0 unspecified atom stereocenters. The number of para-hydroxylation sites is 1. The number of carbonyl (C=O) groups excluding carboxylic acids is 2. The zero-order valence-corrected chi connectivity index (χ0v) is 19.4. The van der Waals surface area contributed by atoms with E-state index < -0.39 is 0 Å². The van der Waals surface area contributed by atoms with Gasteiger partial charge in [-0.3, -0.25) is 9.59 Å². The summed E-state index contributed by atoms with van der Waals surface area (Å²) in [5.41, 5.74) is 3.95. The first kappa shape index (κ1) is 22.3. The van der Waals surface area contributed by atoms with E-state index in [0.29, 0.717) is 35.0 Å². The Hall–Kier alpha value is -3.86. The third-order valence-electron chi connectivity index (χ3n) is 5.81. The first-order valence-corrected chi connectivity index (χ1v) is 11.2. The van der Waals surface area contributed by atoms with Crippen LogP contribution in [0.15, 0.2) is 84.6 Å². The van der Waals surface area contributed by atoms with Gasteiger partial charge in [0, 0.05) is 12.7 Å². The van der Waals surface area contributed by atoms with Gasteiger partial charge < -0.3 is 9.64 Å². The molecule has 0 fully saturated rings. The molecule has 3 aromatic carbocycles. The van der Waals surface area contributed by atoms with Crippen LogP contribution in [-0.2, 0) is 9.59 Å². The van der Waals surface area contributed by atoms with E-state index >= 15 is 0 Å². The largest absolute Gasteiger partial charge is 0.494 e. The highest BCUT2D eigenvalue weighted by molar-refractivity contribution is 6.46. The minimum absolute atomic E-state index is 0.334. The van der Waals surface area contributed by atoms with Crippen molar-refractivity contribution in [1.29, 1.82) is 0 Å². The maximum Gasteiger partial charge on any atom is 0.282 e. The van der Waals surface area contributed by atoms with Crippen molar-refractivity contribution >= 4 is 28.8 Å². The topological polar surface area (TPSA) is 49.9 Å². The van der Waals surface area contributed by atoms with Crippen molar-refractivity contribution in [2.45, 2.75) is 26.7 Å². The number of rotatable bonds is 7. The molecule has 1 heterocycles. The smallest absolute Gasteiger partial charge is 0.282 e. The van der Waals surface area contributed by atoms with Crippen LogP contribution in [0.2, 0.25) is 0 Å². The van der Waals surface area contributed by atoms with Crippen LogP contribution >= 0.6 is 0 Å². The molecule has 5 nitrogen and oxygen atoms in total. The number of amides is 2. The predicted molar refractivity (Wildman–Crippen MR) is 132 cm³/mol. The molecule has 0 saturated carbocycles. The summed E-state index contributed by atoms with van der Waals surface area (Å²) in [6.07, 6.45) is 0. The van der Waals surface area contributed by atoms with Crippen LogP contribution in [0, 0.1) is 0 Å². The summed E-state index contributed by atoms with van der Waals surface area (Å²) in [6.45, 7) is 6.70. The summed E-state index contributed by atoms with van der Waals surface area (Å²) in [5, 5.41) is 0. The fourth-order valence-electron chi connectivity index (χ4n) is 4.00. The van der Waals surface area contributed by atoms with Gasteiger partial charge in [-0.2, -0.15) is 0 Å². The average Bonchev–Trinajstić information content (AvgIpc) is 3.09. The molecule has 5 heteroatoms. The van der Waals surface area contributed by atoms with Gasteiger partial charge in [0.15, 0.2) is 0 Å². The quantitative estimate of drug-likeness (QED) is 0.447. The Bertz CT molecular complexity index is 1180. The van der Waals surface area contributed by atoms with Gasteiger partial charge in [-0.15, -0.1) is 0 Å². The van der Waals surface area contributed by atoms with E-state index in [9.17, 15) is 9.59 Å². The van der Waals surface area contributed by atoms with Gasteiger partial charge in [0.05, 0.1) is 17.9 Å². The number of hydrogen-bond acceptors (Lipinski definition) is 4. The lowest BCUT2D eigenvalue weighted by molar-refractivity contribution is -0.120.